The summed E-state index contributed by atoms with van der Waals surface area (Å²) in [5.74, 6) is 0. The van der Waals surface area contributed by atoms with Crippen LogP contribution in [0.3, 0.4) is 0 Å². The fourth-order valence-corrected chi connectivity index (χ4v) is 3.15. The molecule has 0 fully saturated rings. The van der Waals surface area contributed by atoms with Crippen molar-refractivity contribution in [1.82, 2.24) is 4.98 Å². The molecular weight excluding hydrogens is 356 g/mol. The van der Waals surface area contributed by atoms with E-state index in [0.29, 0.717) is 0 Å². The maximum atomic E-state index is 6.33. The number of rotatable bonds is 2. The third-order valence-corrected chi connectivity index (χ3v) is 4.18. The van der Waals surface area contributed by atoms with Crippen molar-refractivity contribution >= 4 is 31.9 Å². The Morgan fingerprint density at radius 1 is 1.22 bits per heavy atom. The van der Waals surface area contributed by atoms with Crippen LogP contribution in [0.15, 0.2) is 39.4 Å². The van der Waals surface area contributed by atoms with Crippen LogP contribution < -0.4 is 5.73 Å². The second-order valence-corrected chi connectivity index (χ2v) is 6.06. The summed E-state index contributed by atoms with van der Waals surface area (Å²) in [6.45, 7) is 4.19. The van der Waals surface area contributed by atoms with Crippen molar-refractivity contribution in [3.05, 3.63) is 61.8 Å². The molecule has 2 nitrogen and oxygen atoms in total. The van der Waals surface area contributed by atoms with Crippen LogP contribution in [0.5, 0.6) is 0 Å². The topological polar surface area (TPSA) is 38.9 Å². The Hall–Kier alpha value is -0.710. The molecule has 94 valence electrons. The maximum Gasteiger partial charge on any atom is 0.0759 e. The van der Waals surface area contributed by atoms with Crippen molar-refractivity contribution < 1.29 is 0 Å². The molecule has 2 N–H and O–H groups in total. The second kappa shape index (κ2) is 5.51. The van der Waals surface area contributed by atoms with Crippen LogP contribution in [0.4, 0.5) is 0 Å². The van der Waals surface area contributed by atoms with Crippen LogP contribution in [0, 0.1) is 13.8 Å². The highest BCUT2D eigenvalue weighted by atomic mass is 79.9. The highest BCUT2D eigenvalue weighted by Gasteiger charge is 2.16. The predicted molar refractivity (Wildman–Crippen MR) is 81.6 cm³/mol. The SMILES string of the molecule is Cc1cccc(C(N)c2ncc(Br)cc2Br)c1C. The Morgan fingerprint density at radius 2 is 1.94 bits per heavy atom. The number of aryl methyl sites for hydroxylation is 1. The molecule has 1 heterocycles. The first-order chi connectivity index (χ1) is 8.50. The van der Waals surface area contributed by atoms with Crippen LogP contribution in [0.1, 0.15) is 28.4 Å². The highest BCUT2D eigenvalue weighted by Crippen LogP contribution is 2.29. The standard InChI is InChI=1S/C14H14Br2N2/c1-8-4-3-5-11(9(8)2)13(17)14-12(16)6-10(15)7-18-14/h3-7,13H,17H2,1-2H3. The molecule has 18 heavy (non-hydrogen) atoms. The minimum atomic E-state index is -0.215. The monoisotopic (exact) mass is 368 g/mol. The Bertz CT molecular complexity index is 582. The molecule has 4 heteroatoms. The number of benzene rings is 1. The van der Waals surface area contributed by atoms with Gasteiger partial charge in [-0.15, -0.1) is 0 Å². The van der Waals surface area contributed by atoms with Crippen molar-refractivity contribution in [1.29, 1.82) is 0 Å². The second-order valence-electron chi connectivity index (χ2n) is 4.29. The van der Waals surface area contributed by atoms with E-state index in [1.807, 2.05) is 12.1 Å². The molecule has 1 unspecified atom stereocenters. The lowest BCUT2D eigenvalue weighted by atomic mass is 9.96. The maximum absolute atomic E-state index is 6.33. The zero-order valence-electron chi connectivity index (χ0n) is 10.2. The summed E-state index contributed by atoms with van der Waals surface area (Å²) < 4.78 is 1.86. The van der Waals surface area contributed by atoms with E-state index < -0.39 is 0 Å². The van der Waals surface area contributed by atoms with Crippen molar-refractivity contribution in [2.75, 3.05) is 0 Å². The van der Waals surface area contributed by atoms with Gasteiger partial charge in [0.1, 0.15) is 0 Å². The van der Waals surface area contributed by atoms with Gasteiger partial charge in [-0.3, -0.25) is 4.98 Å². The summed E-state index contributed by atoms with van der Waals surface area (Å²) in [4.78, 5) is 4.41. The molecule has 0 radical (unpaired) electrons. The molecule has 0 spiro atoms. The molecule has 1 aromatic heterocycles. The average molecular weight is 370 g/mol. The lowest BCUT2D eigenvalue weighted by molar-refractivity contribution is 0.812. The van der Waals surface area contributed by atoms with Gasteiger partial charge < -0.3 is 5.73 Å². The van der Waals surface area contributed by atoms with E-state index in [2.05, 4.69) is 62.8 Å². The number of halogens is 2. The predicted octanol–water partition coefficient (Wildman–Crippen LogP) is 4.27. The first-order valence-electron chi connectivity index (χ1n) is 5.63. The smallest absolute Gasteiger partial charge is 0.0759 e. The van der Waals surface area contributed by atoms with E-state index in [1.54, 1.807) is 6.20 Å². The van der Waals surface area contributed by atoms with Gasteiger partial charge in [-0.25, -0.2) is 0 Å². The fraction of sp³-hybridized carbons (Fsp3) is 0.214. The molecule has 1 atom stereocenters. The van der Waals surface area contributed by atoms with Crippen molar-refractivity contribution in [2.45, 2.75) is 19.9 Å². The van der Waals surface area contributed by atoms with Crippen LogP contribution in [0.25, 0.3) is 0 Å². The van der Waals surface area contributed by atoms with Crippen molar-refractivity contribution in [3.63, 3.8) is 0 Å². The lowest BCUT2D eigenvalue weighted by Crippen LogP contribution is -2.16. The number of aromatic nitrogens is 1. The van der Waals surface area contributed by atoms with E-state index in [9.17, 15) is 0 Å². The largest absolute Gasteiger partial charge is 0.319 e. The van der Waals surface area contributed by atoms with Crippen molar-refractivity contribution in [2.24, 2.45) is 5.73 Å². The quantitative estimate of drug-likeness (QED) is 0.858. The molecule has 0 aliphatic rings. The molecule has 1 aromatic carbocycles. The Kier molecular flexibility index (Phi) is 4.20. The molecule has 0 saturated carbocycles. The van der Waals surface area contributed by atoms with Gasteiger partial charge in [0.2, 0.25) is 0 Å². The average Bonchev–Trinajstić information content (AvgIpc) is 2.32. The van der Waals surface area contributed by atoms with Gasteiger partial charge in [-0.2, -0.15) is 0 Å². The third-order valence-electron chi connectivity index (χ3n) is 3.11. The molecule has 2 aromatic rings. The summed E-state index contributed by atoms with van der Waals surface area (Å²) in [6, 6.07) is 7.93. The highest BCUT2D eigenvalue weighted by molar-refractivity contribution is 9.11. The van der Waals surface area contributed by atoms with Gasteiger partial charge in [0.05, 0.1) is 11.7 Å². The van der Waals surface area contributed by atoms with E-state index in [-0.39, 0.29) is 6.04 Å². The van der Waals surface area contributed by atoms with Gasteiger partial charge >= 0.3 is 0 Å². The number of nitrogens with zero attached hydrogens (tertiary/aromatic N) is 1. The molecule has 0 saturated heterocycles. The van der Waals surface area contributed by atoms with Crippen LogP contribution in [-0.2, 0) is 0 Å². The number of hydrogen-bond donors (Lipinski definition) is 1. The molecular formula is C14H14Br2N2. The minimum Gasteiger partial charge on any atom is -0.319 e. The molecule has 0 aliphatic heterocycles. The van der Waals surface area contributed by atoms with Gasteiger partial charge in [-0.1, -0.05) is 18.2 Å². The Balaban J connectivity index is 2.48. The van der Waals surface area contributed by atoms with E-state index in [1.165, 1.54) is 11.1 Å². The molecule has 0 bridgehead atoms. The van der Waals surface area contributed by atoms with Crippen LogP contribution in [-0.4, -0.2) is 4.98 Å². The molecule has 0 aliphatic carbocycles. The number of nitrogens with two attached hydrogens (primary N) is 1. The summed E-state index contributed by atoms with van der Waals surface area (Å²) >= 11 is 6.91. The normalized spacial score (nSPS) is 12.5. The van der Waals surface area contributed by atoms with Crippen LogP contribution >= 0.6 is 31.9 Å². The van der Waals surface area contributed by atoms with Crippen molar-refractivity contribution in [3.8, 4) is 0 Å². The molecule has 2 rings (SSSR count). The zero-order valence-corrected chi connectivity index (χ0v) is 13.4. The van der Waals surface area contributed by atoms with Gasteiger partial charge in [-0.05, 0) is 68.5 Å². The first kappa shape index (κ1) is 13.7. The Labute approximate surface area is 124 Å². The fourth-order valence-electron chi connectivity index (χ4n) is 1.91. The van der Waals surface area contributed by atoms with Crippen LogP contribution in [0.2, 0.25) is 0 Å². The summed E-state index contributed by atoms with van der Waals surface area (Å²) in [6.07, 6.45) is 1.77. The van der Waals surface area contributed by atoms with E-state index in [4.69, 9.17) is 5.73 Å². The number of hydrogen-bond acceptors (Lipinski definition) is 2. The summed E-state index contributed by atoms with van der Waals surface area (Å²) in [5.41, 5.74) is 10.8. The van der Waals surface area contributed by atoms with E-state index in [0.717, 1.165) is 20.2 Å². The van der Waals surface area contributed by atoms with E-state index >= 15 is 0 Å². The van der Waals surface area contributed by atoms with Gasteiger partial charge in [0.15, 0.2) is 0 Å². The minimum absolute atomic E-state index is 0.215. The molecule has 0 amide bonds. The summed E-state index contributed by atoms with van der Waals surface area (Å²) in [5, 5.41) is 0. The zero-order chi connectivity index (χ0) is 13.3. The Morgan fingerprint density at radius 3 is 2.61 bits per heavy atom. The van der Waals surface area contributed by atoms with Gasteiger partial charge in [0.25, 0.3) is 0 Å². The summed E-state index contributed by atoms with van der Waals surface area (Å²) in [7, 11) is 0. The number of pyridine rings is 1. The third kappa shape index (κ3) is 2.66. The first-order valence-corrected chi connectivity index (χ1v) is 7.22. The lowest BCUT2D eigenvalue weighted by Gasteiger charge is -2.17. The van der Waals surface area contributed by atoms with Gasteiger partial charge in [0, 0.05) is 15.1 Å².